The van der Waals surface area contributed by atoms with Crippen molar-refractivity contribution in [3.63, 3.8) is 0 Å². The molecule has 3 aromatic rings. The first kappa shape index (κ1) is 19.1. The van der Waals surface area contributed by atoms with Crippen molar-refractivity contribution in [1.82, 2.24) is 9.88 Å². The van der Waals surface area contributed by atoms with Gasteiger partial charge in [0, 0.05) is 5.69 Å². The highest BCUT2D eigenvalue weighted by Crippen LogP contribution is 2.35. The number of anilines is 1. The number of likely N-dealkylation sites (tertiary alicyclic amines) is 1. The molecule has 1 aromatic heterocycles. The molecular weight excluding hydrogens is 366 g/mol. The summed E-state index contributed by atoms with van der Waals surface area (Å²) in [6.45, 7) is 5.66. The van der Waals surface area contributed by atoms with Crippen LogP contribution in [0.3, 0.4) is 0 Å². The molecule has 0 aliphatic carbocycles. The van der Waals surface area contributed by atoms with Gasteiger partial charge >= 0.3 is 0 Å². The topological polar surface area (TPSA) is 45.2 Å². The molecular formula is C23H27N3OS. The average molecular weight is 394 g/mol. The van der Waals surface area contributed by atoms with E-state index < -0.39 is 0 Å². The first-order valence-electron chi connectivity index (χ1n) is 10.1. The van der Waals surface area contributed by atoms with Crippen LogP contribution in [0, 0.1) is 0 Å². The van der Waals surface area contributed by atoms with Gasteiger partial charge in [0.05, 0.1) is 22.8 Å². The third-order valence-electron chi connectivity index (χ3n) is 5.41. The second-order valence-corrected chi connectivity index (χ2v) is 8.85. The number of thiazole rings is 1. The van der Waals surface area contributed by atoms with Gasteiger partial charge in [-0.3, -0.25) is 9.69 Å². The van der Waals surface area contributed by atoms with Gasteiger partial charge in [0.15, 0.2) is 0 Å². The molecule has 0 radical (unpaired) electrons. The molecule has 0 saturated carbocycles. The van der Waals surface area contributed by atoms with Gasteiger partial charge < -0.3 is 5.32 Å². The van der Waals surface area contributed by atoms with E-state index in [2.05, 4.69) is 48.3 Å². The third kappa shape index (κ3) is 4.10. The van der Waals surface area contributed by atoms with E-state index in [9.17, 15) is 4.79 Å². The number of hydrogen-bond donors (Lipinski definition) is 1. The highest BCUT2D eigenvalue weighted by molar-refractivity contribution is 7.18. The quantitative estimate of drug-likeness (QED) is 0.615. The van der Waals surface area contributed by atoms with Gasteiger partial charge in [-0.2, -0.15) is 0 Å². The van der Waals surface area contributed by atoms with Gasteiger partial charge in [0.25, 0.3) is 0 Å². The van der Waals surface area contributed by atoms with Gasteiger partial charge in [0.1, 0.15) is 5.01 Å². The van der Waals surface area contributed by atoms with Gasteiger partial charge in [-0.05, 0) is 49.1 Å². The number of benzene rings is 2. The zero-order chi connectivity index (χ0) is 19.5. The second-order valence-electron chi connectivity index (χ2n) is 7.79. The van der Waals surface area contributed by atoms with Crippen LogP contribution in [0.4, 0.5) is 5.69 Å². The summed E-state index contributed by atoms with van der Waals surface area (Å²) in [5, 5.41) is 4.28. The maximum atomic E-state index is 12.8. The molecule has 4 rings (SSSR count). The van der Waals surface area contributed by atoms with Crippen molar-refractivity contribution in [2.24, 2.45) is 0 Å². The summed E-state index contributed by atoms with van der Waals surface area (Å²) < 4.78 is 1.22. The van der Waals surface area contributed by atoms with E-state index in [4.69, 9.17) is 4.98 Å². The summed E-state index contributed by atoms with van der Waals surface area (Å²) >= 11 is 1.76. The Labute approximate surface area is 170 Å². The number of para-hydroxylation sites is 2. The molecule has 146 valence electrons. The van der Waals surface area contributed by atoms with E-state index in [1.54, 1.807) is 11.3 Å². The smallest absolute Gasteiger partial charge is 0.238 e. The van der Waals surface area contributed by atoms with E-state index in [1.807, 2.05) is 24.3 Å². The molecule has 5 heteroatoms. The number of hydrogen-bond acceptors (Lipinski definition) is 4. The number of piperidine rings is 1. The molecule has 1 atom stereocenters. The molecule has 1 aliphatic heterocycles. The highest BCUT2D eigenvalue weighted by atomic mass is 32.1. The van der Waals surface area contributed by atoms with Crippen molar-refractivity contribution < 1.29 is 4.79 Å². The predicted molar refractivity (Wildman–Crippen MR) is 117 cm³/mol. The molecule has 1 N–H and O–H groups in total. The number of nitrogens with zero attached hydrogens (tertiary/aromatic N) is 2. The minimum atomic E-state index is 0.0566. The fourth-order valence-corrected chi connectivity index (χ4v) is 5.12. The molecule has 2 heterocycles. The van der Waals surface area contributed by atoms with Gasteiger partial charge in [-0.25, -0.2) is 4.98 Å². The summed E-state index contributed by atoms with van der Waals surface area (Å²) in [6.07, 6.45) is 3.39. The van der Waals surface area contributed by atoms with Gasteiger partial charge in [-0.1, -0.05) is 50.6 Å². The Bertz CT molecular complexity index is 932. The number of fused-ring (bicyclic) bond motifs is 1. The number of amides is 1. The van der Waals surface area contributed by atoms with Crippen LogP contribution in [-0.2, 0) is 4.79 Å². The fourth-order valence-electron chi connectivity index (χ4n) is 3.98. The highest BCUT2D eigenvalue weighted by Gasteiger charge is 2.28. The Balaban J connectivity index is 1.50. The molecule has 1 saturated heterocycles. The zero-order valence-corrected chi connectivity index (χ0v) is 17.3. The lowest BCUT2D eigenvalue weighted by atomic mass is 10.0. The fraction of sp³-hybridized carbons (Fsp3) is 0.391. The van der Waals surface area contributed by atoms with Crippen molar-refractivity contribution in [1.29, 1.82) is 0 Å². The first-order chi connectivity index (χ1) is 13.6. The Morgan fingerprint density at radius 2 is 1.96 bits per heavy atom. The largest absolute Gasteiger partial charge is 0.325 e. The van der Waals surface area contributed by atoms with Crippen molar-refractivity contribution in [2.45, 2.75) is 45.1 Å². The lowest BCUT2D eigenvalue weighted by molar-refractivity contribution is -0.118. The zero-order valence-electron chi connectivity index (χ0n) is 16.5. The van der Waals surface area contributed by atoms with Crippen molar-refractivity contribution in [2.75, 3.05) is 18.4 Å². The van der Waals surface area contributed by atoms with E-state index in [0.29, 0.717) is 12.5 Å². The van der Waals surface area contributed by atoms with Crippen LogP contribution >= 0.6 is 11.3 Å². The average Bonchev–Trinajstić information content (AvgIpc) is 3.12. The molecule has 0 unspecified atom stereocenters. The van der Waals surface area contributed by atoms with E-state index >= 15 is 0 Å². The van der Waals surface area contributed by atoms with Crippen LogP contribution in [0.2, 0.25) is 0 Å². The lowest BCUT2D eigenvalue weighted by Gasteiger charge is -2.33. The summed E-state index contributed by atoms with van der Waals surface area (Å²) in [4.78, 5) is 20.0. The monoisotopic (exact) mass is 393 g/mol. The van der Waals surface area contributed by atoms with Crippen molar-refractivity contribution >= 4 is 33.1 Å². The van der Waals surface area contributed by atoms with Crippen LogP contribution in [0.5, 0.6) is 0 Å². The summed E-state index contributed by atoms with van der Waals surface area (Å²) in [5.74, 6) is 0.433. The maximum Gasteiger partial charge on any atom is 0.238 e. The van der Waals surface area contributed by atoms with Gasteiger partial charge in [-0.15, -0.1) is 11.3 Å². The standard InChI is InChI=1S/C23H27N3OS/c1-16(2)17-9-3-4-10-18(17)24-22(27)15-26-14-8-7-12-20(26)23-25-19-11-5-6-13-21(19)28-23/h3-6,9-11,13,16,20H,7-8,12,14-15H2,1-2H3,(H,24,27)/t20-/m1/s1. The van der Waals surface area contributed by atoms with Crippen LogP contribution in [-0.4, -0.2) is 28.9 Å². The Morgan fingerprint density at radius 1 is 1.18 bits per heavy atom. The van der Waals surface area contributed by atoms with E-state index in [1.165, 1.54) is 16.7 Å². The van der Waals surface area contributed by atoms with Gasteiger partial charge in [0.2, 0.25) is 5.91 Å². The predicted octanol–water partition coefficient (Wildman–Crippen LogP) is 5.59. The molecule has 1 fully saturated rings. The normalized spacial score (nSPS) is 17.9. The number of carbonyl (C=O) groups is 1. The first-order valence-corrected chi connectivity index (χ1v) is 10.9. The van der Waals surface area contributed by atoms with E-state index in [-0.39, 0.29) is 11.9 Å². The summed E-state index contributed by atoms with van der Waals surface area (Å²) in [5.41, 5.74) is 3.16. The molecule has 4 nitrogen and oxygen atoms in total. The number of carbonyl (C=O) groups excluding carboxylic acids is 1. The lowest BCUT2D eigenvalue weighted by Crippen LogP contribution is -2.39. The Hall–Kier alpha value is -2.24. The third-order valence-corrected chi connectivity index (χ3v) is 6.55. The van der Waals surface area contributed by atoms with Crippen LogP contribution in [0.15, 0.2) is 48.5 Å². The molecule has 1 amide bonds. The summed E-state index contributed by atoms with van der Waals surface area (Å²) in [7, 11) is 0. The summed E-state index contributed by atoms with van der Waals surface area (Å²) in [6, 6.07) is 16.6. The second kappa shape index (κ2) is 8.41. The Kier molecular flexibility index (Phi) is 5.74. The van der Waals surface area contributed by atoms with Crippen molar-refractivity contribution in [3.05, 3.63) is 59.1 Å². The maximum absolute atomic E-state index is 12.8. The Morgan fingerprint density at radius 3 is 2.79 bits per heavy atom. The number of aromatic nitrogens is 1. The minimum absolute atomic E-state index is 0.0566. The van der Waals surface area contributed by atoms with Crippen LogP contribution in [0.1, 0.15) is 55.6 Å². The van der Waals surface area contributed by atoms with Crippen molar-refractivity contribution in [3.8, 4) is 0 Å². The van der Waals surface area contributed by atoms with E-state index in [0.717, 1.165) is 35.6 Å². The SMILES string of the molecule is CC(C)c1ccccc1NC(=O)CN1CCCC[C@@H]1c1nc2ccccc2s1. The van der Waals surface area contributed by atoms with Crippen LogP contribution < -0.4 is 5.32 Å². The molecule has 0 bridgehead atoms. The minimum Gasteiger partial charge on any atom is -0.325 e. The number of rotatable bonds is 5. The van der Waals surface area contributed by atoms with Crippen LogP contribution in [0.25, 0.3) is 10.2 Å². The number of nitrogens with one attached hydrogen (secondary N) is 1. The molecule has 0 spiro atoms. The molecule has 2 aromatic carbocycles. The molecule has 1 aliphatic rings. The molecule has 28 heavy (non-hydrogen) atoms.